The Morgan fingerprint density at radius 2 is 1.91 bits per heavy atom. The first-order valence-corrected chi connectivity index (χ1v) is 12.8. The molecule has 1 unspecified atom stereocenters. The summed E-state index contributed by atoms with van der Waals surface area (Å²) in [6.07, 6.45) is 4.16. The number of nitrogens with one attached hydrogen (secondary N) is 2. The van der Waals surface area contributed by atoms with E-state index in [9.17, 15) is 18.0 Å². The Kier molecular flexibility index (Phi) is 7.04. The van der Waals surface area contributed by atoms with E-state index in [1.165, 1.54) is 18.2 Å². The van der Waals surface area contributed by atoms with Crippen molar-refractivity contribution >= 4 is 27.7 Å². The molecule has 2 amide bonds. The van der Waals surface area contributed by atoms with E-state index in [1.54, 1.807) is 16.4 Å². The van der Waals surface area contributed by atoms with Crippen LogP contribution in [0.15, 0.2) is 72.1 Å². The number of ether oxygens (including phenoxy) is 1. The van der Waals surface area contributed by atoms with Crippen LogP contribution in [0.2, 0.25) is 0 Å². The minimum absolute atomic E-state index is 0.0790. The third-order valence-corrected chi connectivity index (χ3v) is 8.53. The molecule has 180 valence electrons. The highest BCUT2D eigenvalue weighted by Crippen LogP contribution is 2.47. The molecular weight excluding hydrogens is 454 g/mol. The van der Waals surface area contributed by atoms with Gasteiger partial charge in [0, 0.05) is 23.8 Å². The lowest BCUT2D eigenvalue weighted by Crippen LogP contribution is -2.63. The monoisotopic (exact) mass is 483 g/mol. The summed E-state index contributed by atoms with van der Waals surface area (Å²) in [7, 11) is -3.79. The predicted molar refractivity (Wildman–Crippen MR) is 129 cm³/mol. The molecule has 2 aromatic carbocycles. The number of benzene rings is 2. The van der Waals surface area contributed by atoms with E-state index in [0.717, 1.165) is 24.8 Å². The largest absolute Gasteiger partial charge is 0.444 e. The van der Waals surface area contributed by atoms with E-state index >= 15 is 0 Å². The zero-order valence-electron chi connectivity index (χ0n) is 18.9. The molecule has 4 rings (SSSR count). The Labute approximate surface area is 200 Å². The van der Waals surface area contributed by atoms with Crippen LogP contribution < -0.4 is 10.6 Å². The fraction of sp³-hybridized carbons (Fsp3) is 0.360. The summed E-state index contributed by atoms with van der Waals surface area (Å²) in [6, 6.07) is 15.4. The van der Waals surface area contributed by atoms with Gasteiger partial charge in [-0.25, -0.2) is 13.2 Å². The molecule has 2 N–H and O–H groups in total. The summed E-state index contributed by atoms with van der Waals surface area (Å²) in [5.74, 6) is -0.242. The summed E-state index contributed by atoms with van der Waals surface area (Å²) < 4.78 is 34.0. The maximum absolute atomic E-state index is 13.6. The van der Waals surface area contributed by atoms with E-state index in [2.05, 4.69) is 17.2 Å². The van der Waals surface area contributed by atoms with Crippen LogP contribution >= 0.6 is 0 Å². The standard InChI is InChI=1S/C25H29N3O5S/c1-2-23(29)26-21-12-15-28(25(17-21)13-7-14-25)34(31,32)22-11-6-10-20(16-22)27-24(30)33-18-19-8-4-3-5-9-19/h2-6,8-11,16,21H,1,7,12-15,17-18H2,(H,26,29)(H,27,30). The van der Waals surface area contributed by atoms with Gasteiger partial charge < -0.3 is 10.1 Å². The van der Waals surface area contributed by atoms with Crippen LogP contribution in [0.1, 0.15) is 37.7 Å². The van der Waals surface area contributed by atoms with E-state index < -0.39 is 21.7 Å². The maximum atomic E-state index is 13.6. The van der Waals surface area contributed by atoms with Crippen molar-refractivity contribution in [2.75, 3.05) is 11.9 Å². The van der Waals surface area contributed by atoms with Gasteiger partial charge in [-0.2, -0.15) is 4.31 Å². The van der Waals surface area contributed by atoms with Crippen molar-refractivity contribution in [3.05, 3.63) is 72.8 Å². The molecule has 1 heterocycles. The molecule has 8 nitrogen and oxygen atoms in total. The normalized spacial score (nSPS) is 19.6. The number of carbonyl (C=O) groups excluding carboxylic acids is 2. The van der Waals surface area contributed by atoms with E-state index in [-0.39, 0.29) is 23.5 Å². The molecule has 2 aromatic rings. The fourth-order valence-corrected chi connectivity index (χ4v) is 6.60. The third-order valence-electron chi connectivity index (χ3n) is 6.53. The molecule has 1 saturated heterocycles. The van der Waals surface area contributed by atoms with Crippen LogP contribution in [-0.4, -0.2) is 42.8 Å². The van der Waals surface area contributed by atoms with Crippen molar-refractivity contribution in [3.8, 4) is 0 Å². The van der Waals surface area contributed by atoms with E-state index in [4.69, 9.17) is 4.74 Å². The van der Waals surface area contributed by atoms with Gasteiger partial charge in [0.25, 0.3) is 0 Å². The van der Waals surface area contributed by atoms with Gasteiger partial charge in [0.1, 0.15) is 6.61 Å². The zero-order valence-corrected chi connectivity index (χ0v) is 19.7. The summed E-state index contributed by atoms with van der Waals surface area (Å²) in [4.78, 5) is 24.1. The number of hydrogen-bond acceptors (Lipinski definition) is 5. The number of piperidine rings is 1. The smallest absolute Gasteiger partial charge is 0.411 e. The molecule has 34 heavy (non-hydrogen) atoms. The first kappa shape index (κ1) is 24.0. The second-order valence-corrected chi connectivity index (χ2v) is 10.6. The molecule has 1 atom stereocenters. The molecule has 1 aliphatic heterocycles. The van der Waals surface area contributed by atoms with Crippen molar-refractivity contribution in [3.63, 3.8) is 0 Å². The highest BCUT2D eigenvalue weighted by Gasteiger charge is 2.51. The Bertz CT molecular complexity index is 1160. The molecule has 0 aromatic heterocycles. The first-order chi connectivity index (χ1) is 16.3. The number of anilines is 1. The van der Waals surface area contributed by atoms with Gasteiger partial charge in [-0.05, 0) is 61.9 Å². The quantitative estimate of drug-likeness (QED) is 0.583. The SMILES string of the molecule is C=CC(=O)NC1CCN(S(=O)(=O)c2cccc(NC(=O)OCc3ccccc3)c2)C2(CCC2)C1. The van der Waals surface area contributed by atoms with Crippen LogP contribution in [0, 0.1) is 0 Å². The second-order valence-electron chi connectivity index (χ2n) is 8.77. The van der Waals surface area contributed by atoms with Crippen molar-refractivity contribution in [1.82, 2.24) is 9.62 Å². The summed E-state index contributed by atoms with van der Waals surface area (Å²) in [5, 5.41) is 5.53. The lowest BCUT2D eigenvalue weighted by molar-refractivity contribution is -0.117. The third kappa shape index (κ3) is 5.15. The molecule has 1 spiro atoms. The van der Waals surface area contributed by atoms with Gasteiger partial charge in [-0.15, -0.1) is 0 Å². The average molecular weight is 484 g/mol. The molecule has 2 fully saturated rings. The number of carbonyl (C=O) groups is 2. The second kappa shape index (κ2) is 9.99. The summed E-state index contributed by atoms with van der Waals surface area (Å²) >= 11 is 0. The average Bonchev–Trinajstić information content (AvgIpc) is 2.82. The number of hydrogen-bond donors (Lipinski definition) is 2. The van der Waals surface area contributed by atoms with Gasteiger partial charge in [0.15, 0.2) is 0 Å². The Morgan fingerprint density at radius 1 is 1.15 bits per heavy atom. The van der Waals surface area contributed by atoms with Crippen LogP contribution in [0.3, 0.4) is 0 Å². The van der Waals surface area contributed by atoms with Crippen molar-refractivity contribution in [2.45, 2.75) is 55.2 Å². The number of nitrogens with zero attached hydrogens (tertiary/aromatic N) is 1. The van der Waals surface area contributed by atoms with Crippen molar-refractivity contribution in [1.29, 1.82) is 0 Å². The molecule has 9 heteroatoms. The van der Waals surface area contributed by atoms with Crippen molar-refractivity contribution < 1.29 is 22.7 Å². The summed E-state index contributed by atoms with van der Waals surface area (Å²) in [5.41, 5.74) is 0.705. The Morgan fingerprint density at radius 3 is 2.59 bits per heavy atom. The van der Waals surface area contributed by atoms with Gasteiger partial charge >= 0.3 is 6.09 Å². The van der Waals surface area contributed by atoms with Crippen LogP contribution in [-0.2, 0) is 26.2 Å². The minimum Gasteiger partial charge on any atom is -0.444 e. The zero-order chi connectivity index (χ0) is 24.2. The summed E-state index contributed by atoms with van der Waals surface area (Å²) in [6.45, 7) is 3.93. The van der Waals surface area contributed by atoms with Crippen LogP contribution in [0.4, 0.5) is 10.5 Å². The van der Waals surface area contributed by atoms with Crippen molar-refractivity contribution in [2.24, 2.45) is 0 Å². The topological polar surface area (TPSA) is 105 Å². The number of sulfonamides is 1. The highest BCUT2D eigenvalue weighted by molar-refractivity contribution is 7.89. The molecule has 1 aliphatic carbocycles. The lowest BCUT2D eigenvalue weighted by Gasteiger charge is -2.54. The molecular formula is C25H29N3O5S. The van der Waals surface area contributed by atoms with Gasteiger partial charge in [0.05, 0.1) is 4.90 Å². The minimum atomic E-state index is -3.79. The van der Waals surface area contributed by atoms with Gasteiger partial charge in [0.2, 0.25) is 15.9 Å². The molecule has 2 aliphatic rings. The molecule has 0 radical (unpaired) electrons. The van der Waals surface area contributed by atoms with E-state index in [1.807, 2.05) is 30.3 Å². The Hall–Kier alpha value is -3.17. The molecule has 1 saturated carbocycles. The van der Waals surface area contributed by atoms with Crippen LogP contribution in [0.5, 0.6) is 0 Å². The lowest BCUT2D eigenvalue weighted by atomic mass is 9.70. The number of amides is 2. The Balaban J connectivity index is 1.45. The first-order valence-electron chi connectivity index (χ1n) is 11.4. The number of rotatable bonds is 7. The fourth-order valence-electron chi connectivity index (χ4n) is 4.71. The van der Waals surface area contributed by atoms with Crippen LogP contribution in [0.25, 0.3) is 0 Å². The van der Waals surface area contributed by atoms with Gasteiger partial charge in [-0.1, -0.05) is 43.0 Å². The maximum Gasteiger partial charge on any atom is 0.411 e. The predicted octanol–water partition coefficient (Wildman–Crippen LogP) is 3.81. The molecule has 0 bridgehead atoms. The van der Waals surface area contributed by atoms with Gasteiger partial charge in [-0.3, -0.25) is 10.1 Å². The highest BCUT2D eigenvalue weighted by atomic mass is 32.2. The van der Waals surface area contributed by atoms with E-state index in [0.29, 0.717) is 25.1 Å².